The number of hydrogen-bond acceptors (Lipinski definition) is 3. The van der Waals surface area contributed by atoms with Gasteiger partial charge in [-0.2, -0.15) is 0 Å². The molecule has 0 aliphatic rings. The monoisotopic (exact) mass is 225 g/mol. The van der Waals surface area contributed by atoms with E-state index >= 15 is 0 Å². The van der Waals surface area contributed by atoms with Crippen LogP contribution in [0.1, 0.15) is 5.69 Å². The second kappa shape index (κ2) is 3.99. The minimum absolute atomic E-state index is 0.0337. The van der Waals surface area contributed by atoms with Crippen LogP contribution < -0.4 is 0 Å². The van der Waals surface area contributed by atoms with Crippen molar-refractivity contribution in [3.8, 4) is 11.4 Å². The van der Waals surface area contributed by atoms with Crippen molar-refractivity contribution in [1.82, 2.24) is 15.0 Å². The summed E-state index contributed by atoms with van der Waals surface area (Å²) in [6.45, 7) is -0.0337. The molecule has 4 nitrogen and oxygen atoms in total. The lowest BCUT2D eigenvalue weighted by Crippen LogP contribution is -1.86. The van der Waals surface area contributed by atoms with Gasteiger partial charge in [-0.25, -0.2) is 4.98 Å². The van der Waals surface area contributed by atoms with Crippen LogP contribution in [-0.2, 0) is 6.61 Å². The number of rotatable bonds is 2. The molecule has 0 amide bonds. The lowest BCUT2D eigenvalue weighted by Gasteiger charge is -2.00. The van der Waals surface area contributed by atoms with Crippen LogP contribution in [0.25, 0.3) is 22.3 Å². The number of benzene rings is 1. The summed E-state index contributed by atoms with van der Waals surface area (Å²) in [6, 6.07) is 9.96. The number of aromatic amines is 1. The number of nitrogens with one attached hydrogen (secondary N) is 1. The highest BCUT2D eigenvalue weighted by Crippen LogP contribution is 2.20. The summed E-state index contributed by atoms with van der Waals surface area (Å²) >= 11 is 0. The first kappa shape index (κ1) is 9.99. The fraction of sp³-hybridized carbons (Fsp3) is 0.0769. The average Bonchev–Trinajstić information content (AvgIpc) is 2.87. The molecule has 2 aromatic heterocycles. The Hall–Kier alpha value is -2.20. The predicted octanol–water partition coefficient (Wildman–Crippen LogP) is 2.12. The molecule has 17 heavy (non-hydrogen) atoms. The third-order valence-corrected chi connectivity index (χ3v) is 2.66. The molecule has 0 saturated heterocycles. The van der Waals surface area contributed by atoms with E-state index in [4.69, 9.17) is 5.11 Å². The molecule has 0 radical (unpaired) electrons. The summed E-state index contributed by atoms with van der Waals surface area (Å²) < 4.78 is 0. The number of aromatic nitrogens is 3. The van der Waals surface area contributed by atoms with Crippen molar-refractivity contribution >= 4 is 10.9 Å². The predicted molar refractivity (Wildman–Crippen MR) is 65.2 cm³/mol. The van der Waals surface area contributed by atoms with Gasteiger partial charge < -0.3 is 10.1 Å². The molecule has 84 valence electrons. The molecule has 0 unspecified atom stereocenters. The van der Waals surface area contributed by atoms with Gasteiger partial charge in [-0.3, -0.25) is 4.98 Å². The van der Waals surface area contributed by atoms with Gasteiger partial charge in [0, 0.05) is 17.1 Å². The molecule has 0 aliphatic carbocycles. The van der Waals surface area contributed by atoms with E-state index in [1.165, 1.54) is 0 Å². The first-order chi connectivity index (χ1) is 8.36. The summed E-state index contributed by atoms with van der Waals surface area (Å²) in [5.74, 6) is 0.729. The molecule has 0 aliphatic heterocycles. The van der Waals surface area contributed by atoms with Crippen LogP contribution >= 0.6 is 0 Å². The van der Waals surface area contributed by atoms with Crippen LogP contribution in [-0.4, -0.2) is 20.1 Å². The maximum Gasteiger partial charge on any atom is 0.139 e. The number of para-hydroxylation sites is 1. The van der Waals surface area contributed by atoms with Gasteiger partial charge in [-0.05, 0) is 12.1 Å². The van der Waals surface area contributed by atoms with Crippen molar-refractivity contribution in [2.75, 3.05) is 0 Å². The minimum Gasteiger partial charge on any atom is -0.390 e. The molecule has 0 atom stereocenters. The Morgan fingerprint density at radius 1 is 1.12 bits per heavy atom. The smallest absolute Gasteiger partial charge is 0.139 e. The zero-order chi connectivity index (χ0) is 11.7. The highest BCUT2D eigenvalue weighted by Gasteiger charge is 2.04. The summed E-state index contributed by atoms with van der Waals surface area (Å²) in [5.41, 5.74) is 2.58. The zero-order valence-corrected chi connectivity index (χ0v) is 9.09. The maximum atomic E-state index is 8.98. The first-order valence-electron chi connectivity index (χ1n) is 5.37. The Kier molecular flexibility index (Phi) is 2.34. The van der Waals surface area contributed by atoms with E-state index in [1.54, 1.807) is 12.4 Å². The second-order valence-corrected chi connectivity index (χ2v) is 3.83. The van der Waals surface area contributed by atoms with Gasteiger partial charge >= 0.3 is 0 Å². The van der Waals surface area contributed by atoms with Crippen molar-refractivity contribution < 1.29 is 5.11 Å². The van der Waals surface area contributed by atoms with Crippen LogP contribution in [0, 0.1) is 0 Å². The Morgan fingerprint density at radius 3 is 2.82 bits per heavy atom. The second-order valence-electron chi connectivity index (χ2n) is 3.83. The van der Waals surface area contributed by atoms with Crippen molar-refractivity contribution in [2.24, 2.45) is 0 Å². The topological polar surface area (TPSA) is 61.8 Å². The number of imidazole rings is 1. The largest absolute Gasteiger partial charge is 0.390 e. The Morgan fingerprint density at radius 2 is 2.00 bits per heavy atom. The van der Waals surface area contributed by atoms with Gasteiger partial charge in [0.05, 0.1) is 24.0 Å². The van der Waals surface area contributed by atoms with Crippen LogP contribution in [0.5, 0.6) is 0 Å². The number of aliphatic hydroxyl groups is 1. The fourth-order valence-electron chi connectivity index (χ4n) is 1.79. The van der Waals surface area contributed by atoms with Crippen molar-refractivity contribution in [1.29, 1.82) is 0 Å². The SMILES string of the molecule is OCc1cnc(-c2cnc3ccccc3c2)[nH]1. The van der Waals surface area contributed by atoms with E-state index in [1.807, 2.05) is 30.3 Å². The highest BCUT2D eigenvalue weighted by molar-refractivity contribution is 5.82. The molecule has 0 saturated carbocycles. The molecule has 0 spiro atoms. The molecule has 2 N–H and O–H groups in total. The summed E-state index contributed by atoms with van der Waals surface area (Å²) in [4.78, 5) is 11.6. The normalized spacial score (nSPS) is 10.9. The molecular formula is C13H11N3O. The molecule has 0 fully saturated rings. The highest BCUT2D eigenvalue weighted by atomic mass is 16.3. The van der Waals surface area contributed by atoms with Gasteiger partial charge in [0.15, 0.2) is 0 Å². The number of H-pyrrole nitrogens is 1. The van der Waals surface area contributed by atoms with Gasteiger partial charge in [0.2, 0.25) is 0 Å². The van der Waals surface area contributed by atoms with Gasteiger partial charge in [0.25, 0.3) is 0 Å². The third-order valence-electron chi connectivity index (χ3n) is 2.66. The molecule has 2 heterocycles. The maximum absolute atomic E-state index is 8.98. The van der Waals surface area contributed by atoms with E-state index < -0.39 is 0 Å². The standard InChI is InChI=1S/C13H11N3O/c17-8-11-7-15-13(16-11)10-5-9-3-1-2-4-12(9)14-6-10/h1-7,17H,8H2,(H,15,16). The number of fused-ring (bicyclic) bond motifs is 1. The van der Waals surface area contributed by atoms with E-state index in [0.717, 1.165) is 22.3 Å². The molecule has 1 aromatic carbocycles. The third kappa shape index (κ3) is 1.79. The number of hydrogen-bond donors (Lipinski definition) is 2. The average molecular weight is 225 g/mol. The molecule has 0 bridgehead atoms. The molecule has 4 heteroatoms. The first-order valence-corrected chi connectivity index (χ1v) is 5.37. The molecule has 3 rings (SSSR count). The summed E-state index contributed by atoms with van der Waals surface area (Å²) in [5, 5.41) is 10.1. The van der Waals surface area contributed by atoms with Crippen LogP contribution in [0.15, 0.2) is 42.7 Å². The number of pyridine rings is 1. The summed E-state index contributed by atoms with van der Waals surface area (Å²) in [7, 11) is 0. The summed E-state index contributed by atoms with van der Waals surface area (Å²) in [6.07, 6.45) is 3.41. The quantitative estimate of drug-likeness (QED) is 0.702. The fourth-order valence-corrected chi connectivity index (χ4v) is 1.79. The Bertz CT molecular complexity index is 660. The lowest BCUT2D eigenvalue weighted by molar-refractivity contribution is 0.277. The number of aliphatic hydroxyl groups excluding tert-OH is 1. The van der Waals surface area contributed by atoms with Crippen LogP contribution in [0.2, 0.25) is 0 Å². The van der Waals surface area contributed by atoms with Gasteiger partial charge in [-0.15, -0.1) is 0 Å². The van der Waals surface area contributed by atoms with E-state index in [2.05, 4.69) is 15.0 Å². The Balaban J connectivity index is 2.11. The van der Waals surface area contributed by atoms with Gasteiger partial charge in [-0.1, -0.05) is 18.2 Å². The van der Waals surface area contributed by atoms with Crippen LogP contribution in [0.4, 0.5) is 0 Å². The van der Waals surface area contributed by atoms with Crippen LogP contribution in [0.3, 0.4) is 0 Å². The minimum atomic E-state index is -0.0337. The van der Waals surface area contributed by atoms with Crippen molar-refractivity contribution in [3.63, 3.8) is 0 Å². The van der Waals surface area contributed by atoms with Crippen molar-refractivity contribution in [2.45, 2.75) is 6.61 Å². The molecular weight excluding hydrogens is 214 g/mol. The molecule has 3 aromatic rings. The van der Waals surface area contributed by atoms with E-state index in [-0.39, 0.29) is 6.61 Å². The Labute approximate surface area is 98.0 Å². The lowest BCUT2D eigenvalue weighted by atomic mass is 10.1. The van der Waals surface area contributed by atoms with Gasteiger partial charge in [0.1, 0.15) is 5.82 Å². The van der Waals surface area contributed by atoms with E-state index in [0.29, 0.717) is 5.69 Å². The number of nitrogens with zero attached hydrogens (tertiary/aromatic N) is 2. The van der Waals surface area contributed by atoms with E-state index in [9.17, 15) is 0 Å². The zero-order valence-electron chi connectivity index (χ0n) is 9.09. The van der Waals surface area contributed by atoms with Crippen molar-refractivity contribution in [3.05, 3.63) is 48.4 Å².